The monoisotopic (exact) mass is 543 g/mol. The highest BCUT2D eigenvalue weighted by Gasteiger charge is 2.22. The Hall–Kier alpha value is -4.15. The van der Waals surface area contributed by atoms with Crippen molar-refractivity contribution >= 4 is 57.5 Å². The highest BCUT2D eigenvalue weighted by atomic mass is 35.5. The fourth-order valence-corrected chi connectivity index (χ4v) is 4.36. The number of methoxy groups -OCH3 is 2. The maximum absolute atomic E-state index is 14.4. The van der Waals surface area contributed by atoms with Gasteiger partial charge in [-0.1, -0.05) is 35.8 Å². The molecule has 9 nitrogen and oxygen atoms in total. The molecule has 2 aromatic heterocycles. The van der Waals surface area contributed by atoms with Gasteiger partial charge in [-0.2, -0.15) is 4.98 Å². The van der Waals surface area contributed by atoms with Crippen molar-refractivity contribution in [3.8, 4) is 22.6 Å². The van der Waals surface area contributed by atoms with E-state index in [0.717, 1.165) is 6.08 Å². The van der Waals surface area contributed by atoms with Crippen molar-refractivity contribution in [2.75, 3.05) is 24.9 Å². The van der Waals surface area contributed by atoms with E-state index < -0.39 is 17.3 Å². The van der Waals surface area contributed by atoms with Gasteiger partial charge in [-0.05, 0) is 24.3 Å². The number of anilines is 3. The maximum Gasteiger partial charge on any atom is 0.259 e. The van der Waals surface area contributed by atoms with Crippen molar-refractivity contribution < 1.29 is 18.7 Å². The number of amides is 1. The lowest BCUT2D eigenvalue weighted by Gasteiger charge is -2.16. The molecule has 0 saturated heterocycles. The number of rotatable bonds is 7. The Morgan fingerprint density at radius 1 is 1.16 bits per heavy atom. The largest absolute Gasteiger partial charge is 0.495 e. The summed E-state index contributed by atoms with van der Waals surface area (Å²) in [6.45, 7) is 3.37. The van der Waals surface area contributed by atoms with Gasteiger partial charge < -0.3 is 20.1 Å². The maximum atomic E-state index is 14.4. The van der Waals surface area contributed by atoms with Crippen LogP contribution in [0, 0.1) is 5.82 Å². The van der Waals surface area contributed by atoms with Gasteiger partial charge in [-0.25, -0.2) is 9.37 Å². The minimum absolute atomic E-state index is 0.0640. The molecule has 0 aliphatic rings. The number of aryl methyl sites for hydroxylation is 1. The average molecular weight is 544 g/mol. The first-order valence-corrected chi connectivity index (χ1v) is 11.4. The Kier molecular flexibility index (Phi) is 7.33. The number of aromatic nitrogens is 3. The lowest BCUT2D eigenvalue weighted by molar-refractivity contribution is -0.111. The third-order valence-corrected chi connectivity index (χ3v) is 6.24. The number of carbonyl (C=O) groups is 1. The lowest BCUT2D eigenvalue weighted by atomic mass is 10.0. The smallest absolute Gasteiger partial charge is 0.259 e. The second-order valence-corrected chi connectivity index (χ2v) is 8.42. The number of pyridine rings is 1. The van der Waals surface area contributed by atoms with Gasteiger partial charge in [0.1, 0.15) is 28.7 Å². The number of hydrogen-bond donors (Lipinski definition) is 2. The molecule has 4 aromatic rings. The topological polar surface area (TPSA) is 107 Å². The van der Waals surface area contributed by atoms with E-state index in [4.69, 9.17) is 32.7 Å². The summed E-state index contributed by atoms with van der Waals surface area (Å²) in [4.78, 5) is 33.8. The van der Waals surface area contributed by atoms with E-state index >= 15 is 0 Å². The van der Waals surface area contributed by atoms with Crippen LogP contribution in [0.5, 0.6) is 11.5 Å². The summed E-state index contributed by atoms with van der Waals surface area (Å²) in [6, 6.07) is 7.28. The molecule has 0 radical (unpaired) electrons. The van der Waals surface area contributed by atoms with Crippen molar-refractivity contribution in [1.29, 1.82) is 0 Å². The number of fused-ring (bicyclic) bond motifs is 1. The molecule has 37 heavy (non-hydrogen) atoms. The zero-order chi connectivity index (χ0) is 26.9. The minimum atomic E-state index is -0.666. The van der Waals surface area contributed by atoms with E-state index in [1.165, 1.54) is 56.3 Å². The minimum Gasteiger partial charge on any atom is -0.495 e. The summed E-state index contributed by atoms with van der Waals surface area (Å²) in [7, 11) is 4.40. The zero-order valence-electron chi connectivity index (χ0n) is 19.9. The van der Waals surface area contributed by atoms with Gasteiger partial charge in [-0.3, -0.25) is 14.2 Å². The second kappa shape index (κ2) is 10.5. The molecule has 0 saturated carbocycles. The first-order chi connectivity index (χ1) is 17.7. The van der Waals surface area contributed by atoms with Crippen molar-refractivity contribution in [2.24, 2.45) is 7.05 Å². The molecule has 2 N–H and O–H groups in total. The predicted molar refractivity (Wildman–Crippen MR) is 142 cm³/mol. The van der Waals surface area contributed by atoms with Crippen molar-refractivity contribution in [1.82, 2.24) is 14.5 Å². The van der Waals surface area contributed by atoms with Crippen LogP contribution in [0.3, 0.4) is 0 Å². The summed E-state index contributed by atoms with van der Waals surface area (Å²) >= 11 is 13.0. The standard InChI is InChI=1S/C25H20Cl2FN5O4/c1-5-18(34)31-22-14(28)7-6-8-15(22)30-25-29-11-12-9-13(24(35)33(2)23(12)32-25)19-20(26)16(36-3)10-17(37-4)21(19)27/h5-11H,1H2,2-4H3,(H,31,34)(H,29,30,32). The highest BCUT2D eigenvalue weighted by Crippen LogP contribution is 2.45. The van der Waals surface area contributed by atoms with E-state index in [1.54, 1.807) is 6.07 Å². The van der Waals surface area contributed by atoms with Gasteiger partial charge in [0, 0.05) is 30.3 Å². The zero-order valence-corrected chi connectivity index (χ0v) is 21.4. The fraction of sp³-hybridized carbons (Fsp3) is 0.120. The van der Waals surface area contributed by atoms with Crippen molar-refractivity contribution in [2.45, 2.75) is 0 Å². The van der Waals surface area contributed by atoms with Crippen LogP contribution < -0.4 is 25.7 Å². The highest BCUT2D eigenvalue weighted by molar-refractivity contribution is 6.41. The van der Waals surface area contributed by atoms with E-state index in [-0.39, 0.29) is 55.6 Å². The third kappa shape index (κ3) is 4.81. The second-order valence-electron chi connectivity index (χ2n) is 7.66. The van der Waals surface area contributed by atoms with Crippen molar-refractivity contribution in [3.05, 3.63) is 75.4 Å². The summed E-state index contributed by atoms with van der Waals surface area (Å²) in [5.74, 6) is -0.626. The van der Waals surface area contributed by atoms with Gasteiger partial charge in [-0.15, -0.1) is 0 Å². The van der Waals surface area contributed by atoms with Crippen LogP contribution in [-0.2, 0) is 11.8 Å². The molecule has 0 aliphatic carbocycles. The summed E-state index contributed by atoms with van der Waals surface area (Å²) in [5, 5.41) is 6.07. The first kappa shape index (κ1) is 25.9. The number of nitrogens with one attached hydrogen (secondary N) is 2. The molecule has 12 heteroatoms. The number of halogens is 3. The van der Waals surface area contributed by atoms with Gasteiger partial charge in [0.15, 0.2) is 0 Å². The average Bonchev–Trinajstić information content (AvgIpc) is 2.89. The number of para-hydroxylation sites is 1. The quantitative estimate of drug-likeness (QED) is 0.303. The molecular formula is C25H20Cl2FN5O4. The third-order valence-electron chi connectivity index (χ3n) is 5.49. The van der Waals surface area contributed by atoms with Gasteiger partial charge in [0.05, 0.1) is 35.5 Å². The van der Waals surface area contributed by atoms with Gasteiger partial charge >= 0.3 is 0 Å². The molecule has 0 fully saturated rings. The molecule has 2 aromatic carbocycles. The molecule has 0 unspecified atom stereocenters. The van der Waals surface area contributed by atoms with E-state index in [2.05, 4.69) is 27.2 Å². The Balaban J connectivity index is 1.83. The summed E-state index contributed by atoms with van der Waals surface area (Å²) in [6.07, 6.45) is 2.50. The van der Waals surface area contributed by atoms with Crippen LogP contribution in [0.25, 0.3) is 22.2 Å². The van der Waals surface area contributed by atoms with Crippen LogP contribution in [0.4, 0.5) is 21.7 Å². The summed E-state index contributed by atoms with van der Waals surface area (Å²) in [5.41, 5.74) is 0.370. The lowest BCUT2D eigenvalue weighted by Crippen LogP contribution is -2.20. The van der Waals surface area contributed by atoms with E-state index in [0.29, 0.717) is 5.39 Å². The van der Waals surface area contributed by atoms with Crippen LogP contribution in [0.15, 0.2) is 54.0 Å². The predicted octanol–water partition coefficient (Wildman–Crippen LogP) is 5.33. The molecule has 0 bridgehead atoms. The molecule has 0 atom stereocenters. The van der Waals surface area contributed by atoms with Crippen LogP contribution >= 0.6 is 23.2 Å². The molecule has 1 amide bonds. The van der Waals surface area contributed by atoms with Crippen molar-refractivity contribution in [3.63, 3.8) is 0 Å². The molecule has 190 valence electrons. The van der Waals surface area contributed by atoms with E-state index in [1.807, 2.05) is 0 Å². The Labute approximate surface area is 220 Å². The normalized spacial score (nSPS) is 10.8. The summed E-state index contributed by atoms with van der Waals surface area (Å²) < 4.78 is 26.3. The Morgan fingerprint density at radius 2 is 1.84 bits per heavy atom. The van der Waals surface area contributed by atoms with Crippen LogP contribution in [-0.4, -0.2) is 34.7 Å². The van der Waals surface area contributed by atoms with Gasteiger partial charge in [0.25, 0.3) is 5.56 Å². The molecule has 4 rings (SSSR count). The number of hydrogen-bond acceptors (Lipinski definition) is 7. The number of nitrogens with zero attached hydrogens (tertiary/aromatic N) is 3. The first-order valence-electron chi connectivity index (χ1n) is 10.7. The Bertz CT molecular complexity index is 1600. The number of ether oxygens (including phenoxy) is 2. The fourth-order valence-electron chi connectivity index (χ4n) is 3.66. The number of carbonyl (C=O) groups excluding carboxylic acids is 1. The SMILES string of the molecule is C=CC(=O)Nc1c(F)cccc1Nc1ncc2cc(-c3c(Cl)c(OC)cc(OC)c3Cl)c(=O)n(C)c2n1. The van der Waals surface area contributed by atoms with Gasteiger partial charge in [0.2, 0.25) is 11.9 Å². The van der Waals surface area contributed by atoms with Crippen LogP contribution in [0.2, 0.25) is 10.0 Å². The van der Waals surface area contributed by atoms with E-state index in [9.17, 15) is 14.0 Å². The molecule has 0 aliphatic heterocycles. The van der Waals surface area contributed by atoms with Crippen LogP contribution in [0.1, 0.15) is 0 Å². The number of benzene rings is 2. The Morgan fingerprint density at radius 3 is 2.46 bits per heavy atom. The molecular weight excluding hydrogens is 524 g/mol. The molecule has 0 spiro atoms. The molecule has 2 heterocycles.